The number of carbonyl (C=O) groups excluding carboxylic acids is 1. The molecule has 2 N–H and O–H groups in total. The van der Waals surface area contributed by atoms with Crippen molar-refractivity contribution in [3.63, 3.8) is 0 Å². The van der Waals surface area contributed by atoms with E-state index in [0.717, 1.165) is 6.42 Å². The van der Waals surface area contributed by atoms with E-state index >= 15 is 0 Å². The number of likely N-dealkylation sites (N-methyl/N-ethyl adjacent to an activating group) is 1. The first-order valence-electron chi connectivity index (χ1n) is 8.01. The van der Waals surface area contributed by atoms with E-state index in [1.54, 1.807) is 0 Å². The third kappa shape index (κ3) is 3.95. The van der Waals surface area contributed by atoms with Crippen LogP contribution in [0.5, 0.6) is 0 Å². The summed E-state index contributed by atoms with van der Waals surface area (Å²) in [5.74, 6) is 0.305. The van der Waals surface area contributed by atoms with Gasteiger partial charge in [0.05, 0.1) is 6.04 Å². The summed E-state index contributed by atoms with van der Waals surface area (Å²) in [5, 5.41) is 0. The predicted octanol–water partition coefficient (Wildman–Crippen LogP) is 2.08. The van der Waals surface area contributed by atoms with Crippen LogP contribution in [0.4, 0.5) is 0 Å². The lowest BCUT2D eigenvalue weighted by molar-refractivity contribution is -0.140. The van der Waals surface area contributed by atoms with Crippen molar-refractivity contribution in [2.24, 2.45) is 11.7 Å². The largest absolute Gasteiger partial charge is 0.334 e. The molecule has 0 aromatic heterocycles. The van der Waals surface area contributed by atoms with E-state index in [2.05, 4.69) is 37.7 Å². The van der Waals surface area contributed by atoms with Crippen molar-refractivity contribution in [2.45, 2.75) is 77.5 Å². The molecule has 1 amide bonds. The molecule has 0 saturated heterocycles. The lowest BCUT2D eigenvalue weighted by Crippen LogP contribution is -2.59. The van der Waals surface area contributed by atoms with Crippen LogP contribution in [0.15, 0.2) is 0 Å². The zero-order valence-corrected chi connectivity index (χ0v) is 14.1. The quantitative estimate of drug-likeness (QED) is 0.840. The van der Waals surface area contributed by atoms with Gasteiger partial charge in [-0.25, -0.2) is 0 Å². The highest BCUT2D eigenvalue weighted by atomic mass is 16.2. The molecule has 0 aliphatic heterocycles. The standard InChI is InChI=1S/C16H33N3O/c1-11(2)15(17)16(20)19(12(3)4)14-10-8-7-9-13(14)18(5)6/h11-15H,7-10,17H2,1-6H3/t13?,14?,15-/m0/s1. The molecular formula is C16H33N3O. The number of hydrogen-bond donors (Lipinski definition) is 1. The number of nitrogens with zero attached hydrogens (tertiary/aromatic N) is 2. The van der Waals surface area contributed by atoms with Crippen LogP contribution in [0.1, 0.15) is 53.4 Å². The Hall–Kier alpha value is -0.610. The van der Waals surface area contributed by atoms with Crippen molar-refractivity contribution in [3.8, 4) is 0 Å². The molecule has 118 valence electrons. The van der Waals surface area contributed by atoms with Gasteiger partial charge in [0, 0.05) is 18.1 Å². The molecule has 0 spiro atoms. The second kappa shape index (κ2) is 7.41. The molecule has 20 heavy (non-hydrogen) atoms. The van der Waals surface area contributed by atoms with E-state index in [4.69, 9.17) is 5.73 Å². The van der Waals surface area contributed by atoms with E-state index in [1.807, 2.05) is 13.8 Å². The summed E-state index contributed by atoms with van der Waals surface area (Å²) in [6, 6.07) is 0.575. The summed E-state index contributed by atoms with van der Waals surface area (Å²) in [4.78, 5) is 17.1. The van der Waals surface area contributed by atoms with Gasteiger partial charge in [-0.3, -0.25) is 4.79 Å². The normalized spacial score (nSPS) is 25.3. The van der Waals surface area contributed by atoms with Gasteiger partial charge in [0.1, 0.15) is 0 Å². The van der Waals surface area contributed by atoms with Crippen molar-refractivity contribution in [2.75, 3.05) is 14.1 Å². The van der Waals surface area contributed by atoms with Gasteiger partial charge in [-0.2, -0.15) is 0 Å². The zero-order chi connectivity index (χ0) is 15.4. The van der Waals surface area contributed by atoms with Crippen molar-refractivity contribution in [3.05, 3.63) is 0 Å². The molecule has 3 atom stereocenters. The van der Waals surface area contributed by atoms with E-state index in [-0.39, 0.29) is 23.9 Å². The Kier molecular flexibility index (Phi) is 6.46. The van der Waals surface area contributed by atoms with Crippen LogP contribution in [0.3, 0.4) is 0 Å². The molecule has 0 radical (unpaired) electrons. The van der Waals surface area contributed by atoms with E-state index in [0.29, 0.717) is 12.1 Å². The second-order valence-corrected chi connectivity index (χ2v) is 6.99. The molecule has 1 saturated carbocycles. The van der Waals surface area contributed by atoms with Gasteiger partial charge in [0.15, 0.2) is 0 Å². The molecule has 2 unspecified atom stereocenters. The molecule has 4 nitrogen and oxygen atoms in total. The van der Waals surface area contributed by atoms with Crippen LogP contribution in [0.2, 0.25) is 0 Å². The first-order valence-corrected chi connectivity index (χ1v) is 8.01. The van der Waals surface area contributed by atoms with E-state index in [9.17, 15) is 4.79 Å². The fourth-order valence-corrected chi connectivity index (χ4v) is 3.28. The van der Waals surface area contributed by atoms with Gasteiger partial charge >= 0.3 is 0 Å². The topological polar surface area (TPSA) is 49.6 Å². The third-order valence-corrected chi connectivity index (χ3v) is 4.53. The van der Waals surface area contributed by atoms with Crippen molar-refractivity contribution in [1.82, 2.24) is 9.80 Å². The Morgan fingerprint density at radius 3 is 1.95 bits per heavy atom. The number of amides is 1. The monoisotopic (exact) mass is 283 g/mol. The highest BCUT2D eigenvalue weighted by Gasteiger charge is 2.37. The summed E-state index contributed by atoms with van der Waals surface area (Å²) >= 11 is 0. The molecule has 1 fully saturated rings. The SMILES string of the molecule is CC(C)[C@H](N)C(=O)N(C(C)C)C1CCCCC1N(C)C. The van der Waals surface area contributed by atoms with Gasteiger partial charge in [0.2, 0.25) is 5.91 Å². The molecular weight excluding hydrogens is 250 g/mol. The molecule has 0 aromatic rings. The lowest BCUT2D eigenvalue weighted by atomic mass is 9.87. The molecule has 0 heterocycles. The minimum Gasteiger partial charge on any atom is -0.334 e. The van der Waals surface area contributed by atoms with Crippen LogP contribution < -0.4 is 5.73 Å². The predicted molar refractivity (Wildman–Crippen MR) is 84.5 cm³/mol. The van der Waals surface area contributed by atoms with Crippen molar-refractivity contribution in [1.29, 1.82) is 0 Å². The van der Waals surface area contributed by atoms with Gasteiger partial charge in [-0.15, -0.1) is 0 Å². The summed E-state index contributed by atoms with van der Waals surface area (Å²) in [6.07, 6.45) is 4.74. The minimum atomic E-state index is -0.387. The Morgan fingerprint density at radius 1 is 1.05 bits per heavy atom. The minimum absolute atomic E-state index is 0.119. The van der Waals surface area contributed by atoms with Crippen LogP contribution in [-0.2, 0) is 4.79 Å². The van der Waals surface area contributed by atoms with Crippen LogP contribution in [0.25, 0.3) is 0 Å². The smallest absolute Gasteiger partial charge is 0.240 e. The summed E-state index contributed by atoms with van der Waals surface area (Å²) < 4.78 is 0. The maximum absolute atomic E-state index is 12.8. The van der Waals surface area contributed by atoms with Gasteiger partial charge < -0.3 is 15.5 Å². The first-order chi connectivity index (χ1) is 9.27. The number of rotatable bonds is 5. The van der Waals surface area contributed by atoms with Crippen LogP contribution in [-0.4, -0.2) is 54.0 Å². The molecule has 0 bridgehead atoms. The first kappa shape index (κ1) is 17.4. The lowest BCUT2D eigenvalue weighted by Gasteiger charge is -2.45. The van der Waals surface area contributed by atoms with Crippen LogP contribution in [0, 0.1) is 5.92 Å². The number of carbonyl (C=O) groups is 1. The Morgan fingerprint density at radius 2 is 1.55 bits per heavy atom. The highest BCUT2D eigenvalue weighted by Crippen LogP contribution is 2.28. The summed E-state index contributed by atoms with van der Waals surface area (Å²) in [7, 11) is 4.24. The second-order valence-electron chi connectivity index (χ2n) is 6.99. The van der Waals surface area contributed by atoms with Crippen molar-refractivity contribution < 1.29 is 4.79 Å². The molecule has 1 aliphatic carbocycles. The average molecular weight is 283 g/mol. The molecule has 1 aliphatic rings. The third-order valence-electron chi connectivity index (χ3n) is 4.53. The van der Waals surface area contributed by atoms with Crippen LogP contribution >= 0.6 is 0 Å². The highest BCUT2D eigenvalue weighted by molar-refractivity contribution is 5.82. The Balaban J connectivity index is 2.96. The Labute approximate surface area is 124 Å². The van der Waals surface area contributed by atoms with Crippen molar-refractivity contribution >= 4 is 5.91 Å². The molecule has 0 aromatic carbocycles. The fourth-order valence-electron chi connectivity index (χ4n) is 3.28. The van der Waals surface area contributed by atoms with Gasteiger partial charge in [-0.1, -0.05) is 26.7 Å². The maximum Gasteiger partial charge on any atom is 0.240 e. The van der Waals surface area contributed by atoms with E-state index in [1.165, 1.54) is 19.3 Å². The Bertz CT molecular complexity index is 315. The number of hydrogen-bond acceptors (Lipinski definition) is 3. The average Bonchev–Trinajstić information content (AvgIpc) is 2.37. The number of nitrogens with two attached hydrogens (primary N) is 1. The summed E-state index contributed by atoms with van der Waals surface area (Å²) in [5.41, 5.74) is 6.12. The maximum atomic E-state index is 12.8. The fraction of sp³-hybridized carbons (Fsp3) is 0.938. The molecule has 1 rings (SSSR count). The summed E-state index contributed by atoms with van der Waals surface area (Å²) in [6.45, 7) is 8.25. The van der Waals surface area contributed by atoms with E-state index < -0.39 is 0 Å². The van der Waals surface area contributed by atoms with Gasteiger partial charge in [-0.05, 0) is 46.7 Å². The molecule has 4 heteroatoms. The van der Waals surface area contributed by atoms with Gasteiger partial charge in [0.25, 0.3) is 0 Å². The zero-order valence-electron chi connectivity index (χ0n) is 14.1.